The molecule has 1 aromatic carbocycles. The summed E-state index contributed by atoms with van der Waals surface area (Å²) in [5, 5.41) is 9.27. The number of hydrogen-bond acceptors (Lipinski definition) is 2. The molecule has 4 nitrogen and oxygen atoms in total. The summed E-state index contributed by atoms with van der Waals surface area (Å²) in [6.07, 6.45) is 4.31. The number of carbonyl (C=O) groups is 1. The highest BCUT2D eigenvalue weighted by molar-refractivity contribution is 5.73. The highest BCUT2D eigenvalue weighted by Crippen LogP contribution is 2.28. The normalized spacial score (nSPS) is 13.1. The number of carboxylic acids is 1. The van der Waals surface area contributed by atoms with E-state index in [1.807, 2.05) is 6.20 Å². The Morgan fingerprint density at radius 1 is 1.35 bits per heavy atom. The summed E-state index contributed by atoms with van der Waals surface area (Å²) in [5.74, 6) is 0.402. The van der Waals surface area contributed by atoms with Crippen LogP contribution >= 0.6 is 0 Å². The fourth-order valence-corrected chi connectivity index (χ4v) is 2.78. The molecule has 0 amide bonds. The number of imidazole rings is 1. The summed E-state index contributed by atoms with van der Waals surface area (Å²) in [5.41, 5.74) is 3.11. The van der Waals surface area contributed by atoms with Crippen LogP contribution in [0, 0.1) is 19.3 Å². The van der Waals surface area contributed by atoms with Gasteiger partial charge in [0.05, 0.1) is 5.41 Å². The standard InChI is InChI=1S/C19H26N2O2/c1-13-7-6-8-16(14(13)2)15(3)17-20-10-12-21(17)11-9-19(4,5)18(22)23/h6-8,10,12,15H,9,11H2,1-5H3,(H,22,23). The van der Waals surface area contributed by atoms with Gasteiger partial charge in [-0.2, -0.15) is 0 Å². The minimum Gasteiger partial charge on any atom is -0.481 e. The smallest absolute Gasteiger partial charge is 0.309 e. The Morgan fingerprint density at radius 3 is 2.70 bits per heavy atom. The van der Waals surface area contributed by atoms with Crippen molar-refractivity contribution in [3.05, 3.63) is 53.1 Å². The molecule has 4 heteroatoms. The molecular weight excluding hydrogens is 288 g/mol. The number of aromatic nitrogens is 2. The van der Waals surface area contributed by atoms with Crippen molar-refractivity contribution < 1.29 is 9.90 Å². The zero-order valence-corrected chi connectivity index (χ0v) is 14.6. The second kappa shape index (κ2) is 6.57. The van der Waals surface area contributed by atoms with E-state index in [-0.39, 0.29) is 5.92 Å². The predicted octanol–water partition coefficient (Wildman–Crippen LogP) is 4.15. The molecule has 2 aromatic rings. The molecule has 1 aromatic heterocycles. The van der Waals surface area contributed by atoms with Crippen molar-refractivity contribution in [2.45, 2.75) is 53.5 Å². The molecule has 23 heavy (non-hydrogen) atoms. The summed E-state index contributed by atoms with van der Waals surface area (Å²) in [4.78, 5) is 15.8. The van der Waals surface area contributed by atoms with Crippen LogP contribution in [0.2, 0.25) is 0 Å². The molecule has 0 saturated carbocycles. The van der Waals surface area contributed by atoms with Crippen LogP contribution in [-0.2, 0) is 11.3 Å². The molecule has 1 N–H and O–H groups in total. The van der Waals surface area contributed by atoms with Crippen LogP contribution < -0.4 is 0 Å². The van der Waals surface area contributed by atoms with Crippen molar-refractivity contribution in [3.8, 4) is 0 Å². The first-order chi connectivity index (χ1) is 10.7. The van der Waals surface area contributed by atoms with Gasteiger partial charge in [-0.25, -0.2) is 4.98 Å². The third-order valence-electron chi connectivity index (χ3n) is 4.80. The number of rotatable bonds is 6. The Hall–Kier alpha value is -2.10. The van der Waals surface area contributed by atoms with Crippen molar-refractivity contribution in [1.29, 1.82) is 0 Å². The molecule has 2 rings (SSSR count). The van der Waals surface area contributed by atoms with Crippen LogP contribution in [0.4, 0.5) is 0 Å². The first-order valence-electron chi connectivity index (χ1n) is 8.04. The Bertz CT molecular complexity index is 701. The summed E-state index contributed by atoms with van der Waals surface area (Å²) >= 11 is 0. The van der Waals surface area contributed by atoms with Crippen molar-refractivity contribution in [2.24, 2.45) is 5.41 Å². The highest BCUT2D eigenvalue weighted by Gasteiger charge is 2.27. The molecule has 0 aliphatic heterocycles. The molecule has 124 valence electrons. The summed E-state index contributed by atoms with van der Waals surface area (Å²) in [6, 6.07) is 6.34. The van der Waals surface area contributed by atoms with E-state index in [9.17, 15) is 9.90 Å². The van der Waals surface area contributed by atoms with Gasteiger partial charge < -0.3 is 9.67 Å². The minimum atomic E-state index is -0.762. The van der Waals surface area contributed by atoms with Crippen molar-refractivity contribution in [2.75, 3.05) is 0 Å². The lowest BCUT2D eigenvalue weighted by Gasteiger charge is -2.22. The van der Waals surface area contributed by atoms with Gasteiger partial charge in [-0.15, -0.1) is 0 Å². The third kappa shape index (κ3) is 3.63. The van der Waals surface area contributed by atoms with E-state index in [1.54, 1.807) is 20.0 Å². The zero-order valence-electron chi connectivity index (χ0n) is 14.6. The highest BCUT2D eigenvalue weighted by atomic mass is 16.4. The van der Waals surface area contributed by atoms with E-state index in [0.717, 1.165) is 5.82 Å². The Kier molecular flexibility index (Phi) is 4.93. The second-order valence-electron chi connectivity index (χ2n) is 6.93. The molecule has 0 bridgehead atoms. The number of aryl methyl sites for hydroxylation is 2. The number of aliphatic carboxylic acids is 1. The summed E-state index contributed by atoms with van der Waals surface area (Å²) < 4.78 is 2.08. The summed E-state index contributed by atoms with van der Waals surface area (Å²) in [7, 11) is 0. The van der Waals surface area contributed by atoms with Gasteiger partial charge in [-0.3, -0.25) is 4.79 Å². The topological polar surface area (TPSA) is 55.1 Å². The molecule has 0 fully saturated rings. The molecule has 0 radical (unpaired) electrons. The second-order valence-corrected chi connectivity index (χ2v) is 6.93. The maximum absolute atomic E-state index is 11.3. The molecule has 1 atom stereocenters. The largest absolute Gasteiger partial charge is 0.481 e. The van der Waals surface area contributed by atoms with Gasteiger partial charge in [0.2, 0.25) is 0 Å². The lowest BCUT2D eigenvalue weighted by molar-refractivity contribution is -0.147. The van der Waals surface area contributed by atoms with E-state index < -0.39 is 11.4 Å². The molecule has 1 heterocycles. The average Bonchev–Trinajstić information content (AvgIpc) is 2.95. The lowest BCUT2D eigenvalue weighted by atomic mass is 9.89. The Morgan fingerprint density at radius 2 is 2.04 bits per heavy atom. The molecular formula is C19H26N2O2. The average molecular weight is 314 g/mol. The van der Waals surface area contributed by atoms with Crippen LogP contribution in [0.15, 0.2) is 30.6 Å². The van der Waals surface area contributed by atoms with Crippen LogP contribution in [0.3, 0.4) is 0 Å². The fourth-order valence-electron chi connectivity index (χ4n) is 2.78. The maximum Gasteiger partial charge on any atom is 0.309 e. The maximum atomic E-state index is 11.3. The SMILES string of the molecule is Cc1cccc(C(C)c2nccn2CCC(C)(C)C(=O)O)c1C. The van der Waals surface area contributed by atoms with Gasteiger partial charge in [0, 0.05) is 24.9 Å². The number of carboxylic acid groups (broad SMARTS) is 1. The van der Waals surface area contributed by atoms with E-state index in [4.69, 9.17) is 0 Å². The summed E-state index contributed by atoms with van der Waals surface area (Å²) in [6.45, 7) is 10.6. The van der Waals surface area contributed by atoms with Gasteiger partial charge in [0.25, 0.3) is 0 Å². The van der Waals surface area contributed by atoms with E-state index >= 15 is 0 Å². The van der Waals surface area contributed by atoms with E-state index in [1.165, 1.54) is 16.7 Å². The van der Waals surface area contributed by atoms with Crippen LogP contribution in [0.25, 0.3) is 0 Å². The number of nitrogens with zero attached hydrogens (tertiary/aromatic N) is 2. The van der Waals surface area contributed by atoms with Gasteiger partial charge in [0.15, 0.2) is 0 Å². The van der Waals surface area contributed by atoms with Gasteiger partial charge in [-0.1, -0.05) is 25.1 Å². The van der Waals surface area contributed by atoms with Gasteiger partial charge >= 0.3 is 5.97 Å². The predicted molar refractivity (Wildman–Crippen MR) is 91.7 cm³/mol. The molecule has 0 spiro atoms. The third-order valence-corrected chi connectivity index (χ3v) is 4.80. The van der Waals surface area contributed by atoms with E-state index in [0.29, 0.717) is 13.0 Å². The zero-order chi connectivity index (χ0) is 17.2. The number of hydrogen-bond donors (Lipinski definition) is 1. The van der Waals surface area contributed by atoms with Crippen molar-refractivity contribution >= 4 is 5.97 Å². The molecule has 0 saturated heterocycles. The van der Waals surface area contributed by atoms with E-state index in [2.05, 4.69) is 48.5 Å². The van der Waals surface area contributed by atoms with Crippen LogP contribution in [-0.4, -0.2) is 20.6 Å². The quantitative estimate of drug-likeness (QED) is 0.871. The minimum absolute atomic E-state index is 0.179. The molecule has 0 aliphatic carbocycles. The Balaban J connectivity index is 2.24. The molecule has 1 unspecified atom stereocenters. The van der Waals surface area contributed by atoms with Crippen molar-refractivity contribution in [1.82, 2.24) is 9.55 Å². The van der Waals surface area contributed by atoms with Crippen molar-refractivity contribution in [3.63, 3.8) is 0 Å². The Labute approximate surface area is 138 Å². The van der Waals surface area contributed by atoms with Crippen LogP contribution in [0.5, 0.6) is 0 Å². The monoisotopic (exact) mass is 314 g/mol. The van der Waals surface area contributed by atoms with Crippen LogP contribution in [0.1, 0.15) is 55.6 Å². The van der Waals surface area contributed by atoms with Gasteiger partial charge in [-0.05, 0) is 50.8 Å². The molecule has 0 aliphatic rings. The lowest BCUT2D eigenvalue weighted by Crippen LogP contribution is -2.25. The number of benzene rings is 1. The van der Waals surface area contributed by atoms with Gasteiger partial charge in [0.1, 0.15) is 5.82 Å². The first kappa shape index (κ1) is 17.3. The fraction of sp³-hybridized carbons (Fsp3) is 0.474. The first-order valence-corrected chi connectivity index (χ1v) is 8.04.